The van der Waals surface area contributed by atoms with Gasteiger partial charge < -0.3 is 24.4 Å². The van der Waals surface area contributed by atoms with E-state index in [-0.39, 0.29) is 46.8 Å². The number of hydrogen-bond donors (Lipinski definition) is 2. The molecule has 1 amide bonds. The first kappa shape index (κ1) is 34.1. The van der Waals surface area contributed by atoms with E-state index in [2.05, 4.69) is 30.5 Å². The van der Waals surface area contributed by atoms with E-state index in [4.69, 9.17) is 21.1 Å². The molecule has 3 rings (SSSR count). The van der Waals surface area contributed by atoms with E-state index < -0.39 is 16.1 Å². The van der Waals surface area contributed by atoms with Crippen molar-refractivity contribution >= 4 is 33.2 Å². The number of halogens is 1. The van der Waals surface area contributed by atoms with Gasteiger partial charge in [-0.1, -0.05) is 25.4 Å². The molecule has 0 aliphatic carbocycles. The fourth-order valence-electron chi connectivity index (χ4n) is 5.06. The predicted octanol–water partition coefficient (Wildman–Crippen LogP) is 5.28. The van der Waals surface area contributed by atoms with Gasteiger partial charge in [0.25, 0.3) is 15.9 Å². The first-order chi connectivity index (χ1) is 19.9. The molecule has 0 aromatic heterocycles. The molecule has 1 aliphatic rings. The molecule has 1 heterocycles. The number of nitrogens with one attached hydrogen (secondary N) is 1. The summed E-state index contributed by atoms with van der Waals surface area (Å²) in [5, 5.41) is 10.5. The minimum atomic E-state index is -3.94. The van der Waals surface area contributed by atoms with Gasteiger partial charge in [-0.15, -0.1) is 0 Å². The van der Waals surface area contributed by atoms with Gasteiger partial charge in [-0.2, -0.15) is 0 Å². The summed E-state index contributed by atoms with van der Waals surface area (Å²) < 4.78 is 41.4. The van der Waals surface area contributed by atoms with E-state index in [1.54, 1.807) is 24.0 Å². The highest BCUT2D eigenvalue weighted by molar-refractivity contribution is 7.92. The quantitative estimate of drug-likeness (QED) is 0.391. The van der Waals surface area contributed by atoms with E-state index >= 15 is 0 Å². The molecule has 2 aromatic rings. The Morgan fingerprint density at radius 1 is 1.17 bits per heavy atom. The number of hydrogen-bond acceptors (Lipinski definition) is 7. The van der Waals surface area contributed by atoms with Gasteiger partial charge in [-0.05, 0) is 95.6 Å². The van der Waals surface area contributed by atoms with E-state index in [0.29, 0.717) is 23.9 Å². The maximum atomic E-state index is 14.2. The normalized spacial score (nSPS) is 21.8. The number of rotatable bonds is 9. The molecule has 2 N–H and O–H groups in total. The molecule has 42 heavy (non-hydrogen) atoms. The largest absolute Gasteiger partial charge is 0.490 e. The molecule has 0 saturated carbocycles. The Morgan fingerprint density at radius 2 is 1.88 bits per heavy atom. The van der Waals surface area contributed by atoms with E-state index in [1.807, 2.05) is 6.92 Å². The molecule has 0 fully saturated rings. The molecule has 0 bridgehead atoms. The predicted molar refractivity (Wildman–Crippen MR) is 167 cm³/mol. The smallest absolute Gasteiger partial charge is 0.261 e. The second kappa shape index (κ2) is 15.9. The van der Waals surface area contributed by atoms with Crippen molar-refractivity contribution in [1.29, 1.82) is 0 Å². The molecular weight excluding hydrogens is 578 g/mol. The molecule has 0 radical (unpaired) electrons. The van der Waals surface area contributed by atoms with E-state index in [0.717, 1.165) is 38.8 Å². The van der Waals surface area contributed by atoms with Crippen molar-refractivity contribution in [3.63, 3.8) is 0 Å². The number of carbonyl (C=O) groups excluding carboxylic acids is 1. The van der Waals surface area contributed by atoms with Crippen molar-refractivity contribution in [1.82, 2.24) is 9.80 Å². The number of nitrogens with zero attached hydrogens (tertiary/aromatic N) is 2. The molecule has 9 nitrogen and oxygen atoms in total. The second-order valence-corrected chi connectivity index (χ2v) is 13.5. The van der Waals surface area contributed by atoms with E-state index in [9.17, 15) is 18.3 Å². The number of aliphatic hydroxyl groups is 1. The standard InChI is InChI=1S/C31H46ClN3O6S/c1-6-16-34(5)20-30-22(2)19-35(23(3)21-36)31(37)28-18-26(33-42(38,39)27-13-10-25(32)11-14-27)12-15-29(28)41-24(4)9-7-8-17-40-30/h10-15,18,22-24,30,33,36H,6-9,16-17,19-21H2,1-5H3/t22-,23+,24-,30-/m1/s1. The highest BCUT2D eigenvalue weighted by Crippen LogP contribution is 2.29. The maximum Gasteiger partial charge on any atom is 0.261 e. The molecule has 11 heteroatoms. The lowest BCUT2D eigenvalue weighted by Crippen LogP contribution is -2.47. The molecule has 0 spiro atoms. The highest BCUT2D eigenvalue weighted by Gasteiger charge is 2.30. The summed E-state index contributed by atoms with van der Waals surface area (Å²) >= 11 is 5.93. The van der Waals surface area contributed by atoms with Crippen molar-refractivity contribution in [2.24, 2.45) is 5.92 Å². The summed E-state index contributed by atoms with van der Waals surface area (Å²) in [4.78, 5) is 18.1. The van der Waals surface area contributed by atoms with Crippen LogP contribution in [0.15, 0.2) is 47.4 Å². The Balaban J connectivity index is 2.00. The van der Waals surface area contributed by atoms with Crippen LogP contribution in [0.1, 0.15) is 63.7 Å². The fourth-order valence-corrected chi connectivity index (χ4v) is 6.23. The molecule has 4 atom stereocenters. The van der Waals surface area contributed by atoms with Crippen LogP contribution in [-0.2, 0) is 14.8 Å². The van der Waals surface area contributed by atoms with Crippen LogP contribution < -0.4 is 9.46 Å². The number of carbonyl (C=O) groups is 1. The van der Waals surface area contributed by atoms with Crippen LogP contribution in [0.3, 0.4) is 0 Å². The average molecular weight is 624 g/mol. The third-order valence-corrected chi connectivity index (χ3v) is 9.17. The number of likely N-dealkylation sites (N-methyl/N-ethyl adjacent to an activating group) is 1. The summed E-state index contributed by atoms with van der Waals surface area (Å²) in [6.07, 6.45) is 3.32. The summed E-state index contributed by atoms with van der Waals surface area (Å²) in [5.74, 6) is -0.00628. The monoisotopic (exact) mass is 623 g/mol. The van der Waals surface area contributed by atoms with Gasteiger partial charge in [0.05, 0.1) is 35.3 Å². The van der Waals surface area contributed by atoms with Crippen molar-refractivity contribution in [3.05, 3.63) is 53.1 Å². The third-order valence-electron chi connectivity index (χ3n) is 7.52. The van der Waals surface area contributed by atoms with Crippen LogP contribution in [0.2, 0.25) is 5.02 Å². The average Bonchev–Trinajstić information content (AvgIpc) is 2.94. The first-order valence-electron chi connectivity index (χ1n) is 14.8. The minimum absolute atomic E-state index is 0.0277. The SMILES string of the molecule is CCCN(C)C[C@H]1OCCCC[C@@H](C)Oc2ccc(NS(=O)(=O)c3ccc(Cl)cc3)cc2C(=O)N([C@@H](C)CO)C[C@H]1C. The van der Waals surface area contributed by atoms with Gasteiger partial charge in [-0.25, -0.2) is 8.42 Å². The van der Waals surface area contributed by atoms with Gasteiger partial charge in [-0.3, -0.25) is 9.52 Å². The summed E-state index contributed by atoms with van der Waals surface area (Å²) in [5.41, 5.74) is 0.449. The summed E-state index contributed by atoms with van der Waals surface area (Å²) in [6.45, 7) is 10.4. The molecule has 2 aromatic carbocycles. The number of anilines is 1. The highest BCUT2D eigenvalue weighted by atomic mass is 35.5. The summed E-state index contributed by atoms with van der Waals surface area (Å²) in [6, 6.07) is 10.1. The van der Waals surface area contributed by atoms with Gasteiger partial charge in [0, 0.05) is 36.3 Å². The number of aliphatic hydroxyl groups excluding tert-OH is 1. The molecule has 234 valence electrons. The van der Waals surface area contributed by atoms with Crippen LogP contribution in [-0.4, -0.2) is 87.4 Å². The molecule has 0 saturated heterocycles. The van der Waals surface area contributed by atoms with Gasteiger partial charge in [0.15, 0.2) is 0 Å². The van der Waals surface area contributed by atoms with E-state index in [1.165, 1.54) is 30.3 Å². The Labute approximate surface area is 256 Å². The molecular formula is C31H46ClN3O6S. The van der Waals surface area contributed by atoms with Crippen LogP contribution in [0.4, 0.5) is 5.69 Å². The zero-order chi connectivity index (χ0) is 30.9. The zero-order valence-corrected chi connectivity index (χ0v) is 27.0. The van der Waals surface area contributed by atoms with Crippen LogP contribution in [0.5, 0.6) is 5.75 Å². The van der Waals surface area contributed by atoms with Crippen molar-refractivity contribution in [2.75, 3.05) is 44.6 Å². The lowest BCUT2D eigenvalue weighted by molar-refractivity contribution is -0.0167. The number of amides is 1. The van der Waals surface area contributed by atoms with Gasteiger partial charge in [0.2, 0.25) is 0 Å². The minimum Gasteiger partial charge on any atom is -0.490 e. The zero-order valence-electron chi connectivity index (χ0n) is 25.4. The van der Waals surface area contributed by atoms with Crippen LogP contribution in [0.25, 0.3) is 0 Å². The Bertz CT molecular complexity index is 1260. The Hall–Kier alpha value is -2.37. The molecule has 1 aliphatic heterocycles. The van der Waals surface area contributed by atoms with Crippen LogP contribution >= 0.6 is 11.6 Å². The van der Waals surface area contributed by atoms with Crippen molar-refractivity contribution < 1.29 is 27.8 Å². The van der Waals surface area contributed by atoms with Crippen LogP contribution in [0, 0.1) is 5.92 Å². The maximum absolute atomic E-state index is 14.2. The van der Waals surface area contributed by atoms with Crippen molar-refractivity contribution in [2.45, 2.75) is 76.5 Å². The first-order valence-corrected chi connectivity index (χ1v) is 16.6. The lowest BCUT2D eigenvalue weighted by Gasteiger charge is -2.35. The van der Waals surface area contributed by atoms with Crippen molar-refractivity contribution in [3.8, 4) is 5.75 Å². The Kier molecular flexibility index (Phi) is 12.9. The van der Waals surface area contributed by atoms with Gasteiger partial charge >= 0.3 is 0 Å². The molecule has 0 unspecified atom stereocenters. The second-order valence-electron chi connectivity index (χ2n) is 11.3. The Morgan fingerprint density at radius 3 is 2.55 bits per heavy atom. The number of sulfonamides is 1. The topological polar surface area (TPSA) is 108 Å². The summed E-state index contributed by atoms with van der Waals surface area (Å²) in [7, 11) is -1.86. The number of benzene rings is 2. The van der Waals surface area contributed by atoms with Gasteiger partial charge in [0.1, 0.15) is 5.75 Å². The fraction of sp³-hybridized carbons (Fsp3) is 0.581. The number of ether oxygens (including phenoxy) is 2. The number of fused-ring (bicyclic) bond motifs is 1. The lowest BCUT2D eigenvalue weighted by atomic mass is 10.0. The third kappa shape index (κ3) is 9.57.